The number of hydrogen-bond acceptors (Lipinski definition) is 5. The van der Waals surface area contributed by atoms with Gasteiger partial charge in [0.2, 0.25) is 0 Å². The van der Waals surface area contributed by atoms with Crippen LogP contribution in [0.15, 0.2) is 59.3 Å². The first kappa shape index (κ1) is 16.6. The van der Waals surface area contributed by atoms with Gasteiger partial charge in [0.25, 0.3) is 5.91 Å². The molecule has 0 radical (unpaired) electrons. The largest absolute Gasteiger partial charge is 0.355 e. The summed E-state index contributed by atoms with van der Waals surface area (Å²) >= 11 is 0. The molecule has 4 heterocycles. The Morgan fingerprint density at radius 2 is 2.00 bits per heavy atom. The number of benzene rings is 1. The van der Waals surface area contributed by atoms with Crippen molar-refractivity contribution in [3.05, 3.63) is 72.1 Å². The summed E-state index contributed by atoms with van der Waals surface area (Å²) in [5, 5.41) is 12.4. The second kappa shape index (κ2) is 6.56. The van der Waals surface area contributed by atoms with Crippen LogP contribution >= 0.6 is 0 Å². The SMILES string of the molecule is O=C(c1cc(-c2ccccc2F)on1)N1CCC[C@H]1c1nnc2ccccn12. The predicted molar refractivity (Wildman–Crippen MR) is 97.9 cm³/mol. The summed E-state index contributed by atoms with van der Waals surface area (Å²) in [6.07, 6.45) is 3.54. The highest BCUT2D eigenvalue weighted by molar-refractivity contribution is 5.93. The van der Waals surface area contributed by atoms with Crippen molar-refractivity contribution in [2.75, 3.05) is 6.54 Å². The molecule has 7 nitrogen and oxygen atoms in total. The number of carbonyl (C=O) groups is 1. The molecule has 4 aromatic rings. The van der Waals surface area contributed by atoms with Crippen LogP contribution < -0.4 is 0 Å². The summed E-state index contributed by atoms with van der Waals surface area (Å²) in [5.74, 6) is 0.262. The molecule has 0 bridgehead atoms. The molecular formula is C20H16FN5O2. The topological polar surface area (TPSA) is 76.5 Å². The van der Waals surface area contributed by atoms with Crippen molar-refractivity contribution >= 4 is 11.6 Å². The molecule has 1 aliphatic heterocycles. The maximum absolute atomic E-state index is 14.0. The quantitative estimate of drug-likeness (QED) is 0.546. The Morgan fingerprint density at radius 3 is 2.89 bits per heavy atom. The normalized spacial score (nSPS) is 16.8. The second-order valence-corrected chi connectivity index (χ2v) is 6.70. The van der Waals surface area contributed by atoms with Gasteiger partial charge in [-0.05, 0) is 37.1 Å². The van der Waals surface area contributed by atoms with E-state index in [2.05, 4.69) is 15.4 Å². The van der Waals surface area contributed by atoms with Gasteiger partial charge in [-0.15, -0.1) is 10.2 Å². The van der Waals surface area contributed by atoms with Crippen LogP contribution in [0.1, 0.15) is 35.2 Å². The summed E-state index contributed by atoms with van der Waals surface area (Å²) in [4.78, 5) is 14.8. The third kappa shape index (κ3) is 2.65. The van der Waals surface area contributed by atoms with E-state index in [9.17, 15) is 9.18 Å². The number of aromatic nitrogens is 4. The first-order valence-electron chi connectivity index (χ1n) is 9.04. The lowest BCUT2D eigenvalue weighted by Crippen LogP contribution is -2.31. The monoisotopic (exact) mass is 377 g/mol. The van der Waals surface area contributed by atoms with E-state index in [0.29, 0.717) is 6.54 Å². The molecule has 1 fully saturated rings. The van der Waals surface area contributed by atoms with E-state index in [1.54, 1.807) is 23.1 Å². The van der Waals surface area contributed by atoms with Gasteiger partial charge in [-0.2, -0.15) is 0 Å². The predicted octanol–water partition coefficient (Wildman–Crippen LogP) is 3.50. The fraction of sp³-hybridized carbons (Fsp3) is 0.200. The Kier molecular flexibility index (Phi) is 3.89. The van der Waals surface area contributed by atoms with E-state index in [1.807, 2.05) is 28.8 Å². The average Bonchev–Trinajstić information content (AvgIpc) is 3.46. The minimum atomic E-state index is -0.424. The van der Waals surface area contributed by atoms with Gasteiger partial charge in [-0.25, -0.2) is 4.39 Å². The van der Waals surface area contributed by atoms with Gasteiger partial charge < -0.3 is 9.42 Å². The molecule has 1 aromatic carbocycles. The Balaban J connectivity index is 1.46. The van der Waals surface area contributed by atoms with Crippen molar-refractivity contribution in [2.24, 2.45) is 0 Å². The van der Waals surface area contributed by atoms with Crippen LogP contribution in [-0.2, 0) is 0 Å². The molecule has 28 heavy (non-hydrogen) atoms. The number of fused-ring (bicyclic) bond motifs is 1. The zero-order valence-electron chi connectivity index (χ0n) is 14.8. The zero-order chi connectivity index (χ0) is 19.1. The molecule has 3 aromatic heterocycles. The summed E-state index contributed by atoms with van der Waals surface area (Å²) in [5.41, 5.74) is 1.16. The van der Waals surface area contributed by atoms with E-state index in [-0.39, 0.29) is 29.0 Å². The number of likely N-dealkylation sites (tertiary alicyclic amines) is 1. The molecule has 1 saturated heterocycles. The Labute approximate surface area is 159 Å². The summed E-state index contributed by atoms with van der Waals surface area (Å²) in [6, 6.07) is 13.2. The molecule has 0 aliphatic carbocycles. The van der Waals surface area contributed by atoms with E-state index in [0.717, 1.165) is 24.3 Å². The third-order valence-corrected chi connectivity index (χ3v) is 5.02. The Bertz CT molecular complexity index is 1170. The first-order valence-corrected chi connectivity index (χ1v) is 9.04. The van der Waals surface area contributed by atoms with Crippen LogP contribution in [0.3, 0.4) is 0 Å². The maximum Gasteiger partial charge on any atom is 0.276 e. The molecule has 1 amide bonds. The number of halogens is 1. The molecular weight excluding hydrogens is 361 g/mol. The number of hydrogen-bond donors (Lipinski definition) is 0. The lowest BCUT2D eigenvalue weighted by atomic mass is 10.1. The van der Waals surface area contributed by atoms with Gasteiger partial charge in [0.15, 0.2) is 22.9 Å². The molecule has 0 N–H and O–H groups in total. The van der Waals surface area contributed by atoms with E-state index >= 15 is 0 Å². The molecule has 0 unspecified atom stereocenters. The highest BCUT2D eigenvalue weighted by Crippen LogP contribution is 2.33. The molecule has 0 spiro atoms. The van der Waals surface area contributed by atoms with Crippen LogP contribution in [-0.4, -0.2) is 37.1 Å². The lowest BCUT2D eigenvalue weighted by Gasteiger charge is -2.22. The van der Waals surface area contributed by atoms with Crippen LogP contribution in [0.5, 0.6) is 0 Å². The van der Waals surface area contributed by atoms with E-state index in [1.165, 1.54) is 12.1 Å². The van der Waals surface area contributed by atoms with Crippen LogP contribution in [0.25, 0.3) is 17.0 Å². The minimum Gasteiger partial charge on any atom is -0.355 e. The molecule has 8 heteroatoms. The average molecular weight is 377 g/mol. The number of nitrogens with zero attached hydrogens (tertiary/aromatic N) is 5. The lowest BCUT2D eigenvalue weighted by molar-refractivity contribution is 0.0718. The van der Waals surface area contributed by atoms with Crippen molar-refractivity contribution in [3.63, 3.8) is 0 Å². The zero-order valence-corrected chi connectivity index (χ0v) is 14.8. The van der Waals surface area contributed by atoms with Gasteiger partial charge >= 0.3 is 0 Å². The van der Waals surface area contributed by atoms with Gasteiger partial charge in [-0.3, -0.25) is 9.20 Å². The molecule has 1 aliphatic rings. The van der Waals surface area contributed by atoms with Gasteiger partial charge in [0, 0.05) is 18.8 Å². The highest BCUT2D eigenvalue weighted by Gasteiger charge is 2.35. The second-order valence-electron chi connectivity index (χ2n) is 6.70. The van der Waals surface area contributed by atoms with Crippen LogP contribution in [0.2, 0.25) is 0 Å². The molecule has 0 saturated carbocycles. The fourth-order valence-corrected chi connectivity index (χ4v) is 3.68. The van der Waals surface area contributed by atoms with Crippen molar-refractivity contribution in [1.29, 1.82) is 0 Å². The number of amides is 1. The van der Waals surface area contributed by atoms with E-state index < -0.39 is 5.82 Å². The van der Waals surface area contributed by atoms with Crippen molar-refractivity contribution in [3.8, 4) is 11.3 Å². The fourth-order valence-electron chi connectivity index (χ4n) is 3.68. The molecule has 5 rings (SSSR count). The maximum atomic E-state index is 14.0. The highest BCUT2D eigenvalue weighted by atomic mass is 19.1. The number of rotatable bonds is 3. The molecule has 140 valence electrons. The standard InChI is InChI=1S/C20H16FN5O2/c21-14-7-2-1-6-13(14)17-12-15(24-28-17)20(27)25-11-5-8-16(25)19-23-22-18-9-3-4-10-26(18)19/h1-4,6-7,9-10,12,16H,5,8,11H2/t16-/m0/s1. The van der Waals surface area contributed by atoms with Gasteiger partial charge in [0.1, 0.15) is 5.82 Å². The Hall–Kier alpha value is -3.55. The Morgan fingerprint density at radius 1 is 1.14 bits per heavy atom. The van der Waals surface area contributed by atoms with Crippen LogP contribution in [0, 0.1) is 5.82 Å². The van der Waals surface area contributed by atoms with Crippen molar-refractivity contribution in [2.45, 2.75) is 18.9 Å². The van der Waals surface area contributed by atoms with Gasteiger partial charge in [-0.1, -0.05) is 23.4 Å². The van der Waals surface area contributed by atoms with Crippen LogP contribution in [0.4, 0.5) is 4.39 Å². The number of carbonyl (C=O) groups excluding carboxylic acids is 1. The van der Waals surface area contributed by atoms with Gasteiger partial charge in [0.05, 0.1) is 11.6 Å². The van der Waals surface area contributed by atoms with Crippen molar-refractivity contribution in [1.82, 2.24) is 24.7 Å². The summed E-state index contributed by atoms with van der Waals surface area (Å²) < 4.78 is 21.1. The molecule has 1 atom stereocenters. The summed E-state index contributed by atoms with van der Waals surface area (Å²) in [6.45, 7) is 0.590. The smallest absolute Gasteiger partial charge is 0.276 e. The van der Waals surface area contributed by atoms with E-state index in [4.69, 9.17) is 4.52 Å². The number of pyridine rings is 1. The summed E-state index contributed by atoms with van der Waals surface area (Å²) in [7, 11) is 0. The van der Waals surface area contributed by atoms with Crippen molar-refractivity contribution < 1.29 is 13.7 Å². The first-order chi connectivity index (χ1) is 13.7. The third-order valence-electron chi connectivity index (χ3n) is 5.02. The minimum absolute atomic E-state index is 0.152.